The number of nitrogens with zero attached hydrogens (tertiary/aromatic N) is 3. The highest BCUT2D eigenvalue weighted by molar-refractivity contribution is 5.93. The van der Waals surface area contributed by atoms with Crippen molar-refractivity contribution in [1.29, 1.82) is 0 Å². The van der Waals surface area contributed by atoms with Crippen LogP contribution in [0.5, 0.6) is 0 Å². The molecule has 2 rings (SSSR count). The van der Waals surface area contributed by atoms with Gasteiger partial charge in [-0.15, -0.1) is 0 Å². The fourth-order valence-electron chi connectivity index (χ4n) is 2.22. The van der Waals surface area contributed by atoms with Crippen LogP contribution < -0.4 is 5.32 Å². The number of aromatic nitrogens is 1. The van der Waals surface area contributed by atoms with E-state index in [2.05, 4.69) is 15.2 Å². The standard InChI is InChI=1S/C15H20N4O2/c1-11-9-15(16-7-4-8-18(2)3)13-10-12(19(20)21)5-6-14(13)17-11/h5-6,9-10H,4,7-8H2,1-3H3,(H,16,17). The van der Waals surface area contributed by atoms with E-state index in [0.717, 1.165) is 41.8 Å². The molecule has 0 atom stereocenters. The molecule has 21 heavy (non-hydrogen) atoms. The van der Waals surface area contributed by atoms with Gasteiger partial charge in [0.15, 0.2) is 0 Å². The van der Waals surface area contributed by atoms with Crippen LogP contribution in [0, 0.1) is 17.0 Å². The molecule has 6 nitrogen and oxygen atoms in total. The predicted octanol–water partition coefficient (Wildman–Crippen LogP) is 2.82. The molecule has 1 aromatic heterocycles. The molecule has 6 heteroatoms. The van der Waals surface area contributed by atoms with E-state index in [-0.39, 0.29) is 10.6 Å². The van der Waals surface area contributed by atoms with Crippen molar-refractivity contribution in [2.24, 2.45) is 0 Å². The van der Waals surface area contributed by atoms with E-state index in [9.17, 15) is 10.1 Å². The van der Waals surface area contributed by atoms with Gasteiger partial charge in [0.2, 0.25) is 0 Å². The second-order valence-electron chi connectivity index (χ2n) is 5.35. The monoisotopic (exact) mass is 288 g/mol. The van der Waals surface area contributed by atoms with E-state index >= 15 is 0 Å². The Morgan fingerprint density at radius 3 is 2.76 bits per heavy atom. The minimum atomic E-state index is -0.380. The summed E-state index contributed by atoms with van der Waals surface area (Å²) in [4.78, 5) is 17.1. The van der Waals surface area contributed by atoms with Crippen LogP contribution in [-0.2, 0) is 0 Å². The predicted molar refractivity (Wildman–Crippen MR) is 84.8 cm³/mol. The van der Waals surface area contributed by atoms with E-state index in [1.807, 2.05) is 27.1 Å². The number of benzene rings is 1. The first-order chi connectivity index (χ1) is 9.97. The van der Waals surface area contributed by atoms with Gasteiger partial charge in [-0.1, -0.05) is 0 Å². The number of non-ortho nitro benzene ring substituents is 1. The Morgan fingerprint density at radius 1 is 1.33 bits per heavy atom. The van der Waals surface area contributed by atoms with Gasteiger partial charge in [0.25, 0.3) is 5.69 Å². The van der Waals surface area contributed by atoms with Crippen LogP contribution in [0.15, 0.2) is 24.3 Å². The van der Waals surface area contributed by atoms with Gasteiger partial charge in [0.05, 0.1) is 10.4 Å². The van der Waals surface area contributed by atoms with E-state index in [1.165, 1.54) is 6.07 Å². The molecule has 1 aromatic carbocycles. The zero-order valence-corrected chi connectivity index (χ0v) is 12.6. The molecule has 1 N–H and O–H groups in total. The van der Waals surface area contributed by atoms with Crippen molar-refractivity contribution in [1.82, 2.24) is 9.88 Å². The van der Waals surface area contributed by atoms with Crippen molar-refractivity contribution in [3.8, 4) is 0 Å². The fourth-order valence-corrected chi connectivity index (χ4v) is 2.22. The smallest absolute Gasteiger partial charge is 0.270 e. The molecule has 0 spiro atoms. The third-order valence-electron chi connectivity index (χ3n) is 3.23. The minimum absolute atomic E-state index is 0.0875. The highest BCUT2D eigenvalue weighted by Gasteiger charge is 2.10. The number of pyridine rings is 1. The summed E-state index contributed by atoms with van der Waals surface area (Å²) in [5, 5.41) is 15.1. The molecule has 0 amide bonds. The molecule has 0 fully saturated rings. The molecule has 0 unspecified atom stereocenters. The number of nitro groups is 1. The average Bonchev–Trinajstić information content (AvgIpc) is 2.42. The summed E-state index contributed by atoms with van der Waals surface area (Å²) < 4.78 is 0. The normalized spacial score (nSPS) is 11.0. The van der Waals surface area contributed by atoms with Crippen molar-refractivity contribution in [2.75, 3.05) is 32.5 Å². The number of rotatable bonds is 6. The lowest BCUT2D eigenvalue weighted by atomic mass is 10.1. The largest absolute Gasteiger partial charge is 0.384 e. The SMILES string of the molecule is Cc1cc(NCCCN(C)C)c2cc([N+](=O)[O-])ccc2n1. The van der Waals surface area contributed by atoms with E-state index in [0.29, 0.717) is 0 Å². The van der Waals surface area contributed by atoms with Gasteiger partial charge in [-0.25, -0.2) is 0 Å². The van der Waals surface area contributed by atoms with Crippen LogP contribution in [0.1, 0.15) is 12.1 Å². The van der Waals surface area contributed by atoms with E-state index in [1.54, 1.807) is 12.1 Å². The molecule has 0 saturated heterocycles. The van der Waals surface area contributed by atoms with Crippen LogP contribution in [0.4, 0.5) is 11.4 Å². The fraction of sp³-hybridized carbons (Fsp3) is 0.400. The average molecular weight is 288 g/mol. The van der Waals surface area contributed by atoms with Gasteiger partial charge in [0, 0.05) is 35.4 Å². The summed E-state index contributed by atoms with van der Waals surface area (Å²) in [5.74, 6) is 0. The highest BCUT2D eigenvalue weighted by Crippen LogP contribution is 2.27. The first-order valence-corrected chi connectivity index (χ1v) is 6.92. The van der Waals surface area contributed by atoms with Crippen molar-refractivity contribution >= 4 is 22.3 Å². The van der Waals surface area contributed by atoms with E-state index < -0.39 is 0 Å². The number of fused-ring (bicyclic) bond motifs is 1. The van der Waals surface area contributed by atoms with Crippen LogP contribution in [0.2, 0.25) is 0 Å². The first kappa shape index (κ1) is 15.2. The van der Waals surface area contributed by atoms with Crippen molar-refractivity contribution < 1.29 is 4.92 Å². The second-order valence-corrected chi connectivity index (χ2v) is 5.35. The molecule has 0 saturated carbocycles. The topological polar surface area (TPSA) is 71.3 Å². The molecule has 0 aliphatic carbocycles. The molecular formula is C15H20N4O2. The van der Waals surface area contributed by atoms with Gasteiger partial charge in [-0.05, 0) is 46.1 Å². The maximum Gasteiger partial charge on any atom is 0.270 e. The number of hydrogen-bond acceptors (Lipinski definition) is 5. The molecule has 2 aromatic rings. The molecular weight excluding hydrogens is 268 g/mol. The molecule has 1 heterocycles. The van der Waals surface area contributed by atoms with Gasteiger partial charge in [-0.2, -0.15) is 0 Å². The van der Waals surface area contributed by atoms with Crippen LogP contribution in [-0.4, -0.2) is 42.0 Å². The van der Waals surface area contributed by atoms with Crippen LogP contribution >= 0.6 is 0 Å². The summed E-state index contributed by atoms with van der Waals surface area (Å²) in [6, 6.07) is 6.70. The number of nitrogens with one attached hydrogen (secondary N) is 1. The molecule has 0 radical (unpaired) electrons. The number of hydrogen-bond donors (Lipinski definition) is 1. The molecule has 112 valence electrons. The Kier molecular flexibility index (Phi) is 4.70. The van der Waals surface area contributed by atoms with Gasteiger partial charge in [-0.3, -0.25) is 15.1 Å². The zero-order chi connectivity index (χ0) is 15.4. The Hall–Kier alpha value is -2.21. The van der Waals surface area contributed by atoms with Crippen molar-refractivity contribution in [2.45, 2.75) is 13.3 Å². The minimum Gasteiger partial charge on any atom is -0.384 e. The quantitative estimate of drug-likeness (QED) is 0.503. The van der Waals surface area contributed by atoms with Crippen molar-refractivity contribution in [3.63, 3.8) is 0 Å². The number of aryl methyl sites for hydroxylation is 1. The van der Waals surface area contributed by atoms with E-state index in [4.69, 9.17) is 0 Å². The molecule has 0 aliphatic rings. The van der Waals surface area contributed by atoms with Gasteiger partial charge < -0.3 is 10.2 Å². The van der Waals surface area contributed by atoms with Crippen LogP contribution in [0.3, 0.4) is 0 Å². The Morgan fingerprint density at radius 2 is 2.10 bits per heavy atom. The third-order valence-corrected chi connectivity index (χ3v) is 3.23. The van der Waals surface area contributed by atoms with Crippen molar-refractivity contribution in [3.05, 3.63) is 40.1 Å². The molecule has 0 bridgehead atoms. The molecule has 0 aliphatic heterocycles. The Bertz CT molecular complexity index is 655. The highest BCUT2D eigenvalue weighted by atomic mass is 16.6. The maximum absolute atomic E-state index is 10.9. The van der Waals surface area contributed by atoms with Gasteiger partial charge >= 0.3 is 0 Å². The summed E-state index contributed by atoms with van der Waals surface area (Å²) in [6.45, 7) is 3.74. The summed E-state index contributed by atoms with van der Waals surface area (Å²) in [6.07, 6.45) is 1.00. The number of anilines is 1. The summed E-state index contributed by atoms with van der Waals surface area (Å²) in [7, 11) is 4.07. The summed E-state index contributed by atoms with van der Waals surface area (Å²) in [5.41, 5.74) is 2.66. The first-order valence-electron chi connectivity index (χ1n) is 6.92. The zero-order valence-electron chi connectivity index (χ0n) is 12.6. The Balaban J connectivity index is 2.27. The lowest BCUT2D eigenvalue weighted by molar-refractivity contribution is -0.384. The lowest BCUT2D eigenvalue weighted by Crippen LogP contribution is -2.16. The summed E-state index contributed by atoms with van der Waals surface area (Å²) >= 11 is 0. The van der Waals surface area contributed by atoms with Gasteiger partial charge in [0.1, 0.15) is 0 Å². The van der Waals surface area contributed by atoms with Crippen LogP contribution in [0.25, 0.3) is 10.9 Å². The Labute approximate surface area is 123 Å². The maximum atomic E-state index is 10.9. The second kappa shape index (κ2) is 6.49. The third kappa shape index (κ3) is 3.88. The number of nitro benzene ring substituents is 1. The lowest BCUT2D eigenvalue weighted by Gasteiger charge is -2.13.